The van der Waals surface area contributed by atoms with Crippen molar-refractivity contribution >= 4 is 11.6 Å². The number of nitrogens with zero attached hydrogens (tertiary/aromatic N) is 3. The number of benzene rings is 1. The summed E-state index contributed by atoms with van der Waals surface area (Å²) in [6, 6.07) is 7.84. The first-order valence-electron chi connectivity index (χ1n) is 7.14. The van der Waals surface area contributed by atoms with Crippen molar-refractivity contribution in [1.82, 2.24) is 15.0 Å². The predicted molar refractivity (Wildman–Crippen MR) is 80.4 cm³/mol. The number of ether oxygens (including phenoxy) is 2. The van der Waals surface area contributed by atoms with Crippen molar-refractivity contribution in [3.8, 4) is 0 Å². The first kappa shape index (κ1) is 15.4. The van der Waals surface area contributed by atoms with Gasteiger partial charge in [0.15, 0.2) is 5.82 Å². The summed E-state index contributed by atoms with van der Waals surface area (Å²) in [4.78, 5) is 6.67. The Morgan fingerprint density at radius 2 is 2.18 bits per heavy atom. The lowest BCUT2D eigenvalue weighted by Gasteiger charge is -2.33. The molecule has 0 saturated carbocycles. The lowest BCUT2D eigenvalue weighted by atomic mass is 10.1. The van der Waals surface area contributed by atoms with Crippen LogP contribution in [0.3, 0.4) is 0 Å². The zero-order valence-corrected chi connectivity index (χ0v) is 13.1. The summed E-state index contributed by atoms with van der Waals surface area (Å²) in [5, 5.41) is 4.80. The van der Waals surface area contributed by atoms with Gasteiger partial charge in [0.25, 0.3) is 5.89 Å². The van der Waals surface area contributed by atoms with Crippen molar-refractivity contribution < 1.29 is 14.0 Å². The van der Waals surface area contributed by atoms with E-state index in [-0.39, 0.29) is 6.04 Å². The monoisotopic (exact) mass is 323 g/mol. The molecule has 0 radical (unpaired) electrons. The van der Waals surface area contributed by atoms with E-state index in [0.717, 1.165) is 18.1 Å². The number of aromatic nitrogens is 2. The minimum Gasteiger partial charge on any atom is -0.378 e. The molecule has 1 aliphatic heterocycles. The van der Waals surface area contributed by atoms with E-state index in [9.17, 15) is 0 Å². The second-order valence-electron chi connectivity index (χ2n) is 5.17. The van der Waals surface area contributed by atoms with Gasteiger partial charge in [-0.25, -0.2) is 0 Å². The van der Waals surface area contributed by atoms with Gasteiger partial charge < -0.3 is 14.0 Å². The molecule has 0 bridgehead atoms. The van der Waals surface area contributed by atoms with Crippen LogP contribution in [-0.4, -0.2) is 41.9 Å². The van der Waals surface area contributed by atoms with Gasteiger partial charge in [0.05, 0.1) is 19.3 Å². The maximum atomic E-state index is 5.93. The largest absolute Gasteiger partial charge is 0.378 e. The van der Waals surface area contributed by atoms with Crippen molar-refractivity contribution in [2.45, 2.75) is 19.2 Å². The molecule has 0 amide bonds. The van der Waals surface area contributed by atoms with Gasteiger partial charge in [0.2, 0.25) is 0 Å². The van der Waals surface area contributed by atoms with Crippen LogP contribution in [0.5, 0.6) is 0 Å². The smallest absolute Gasteiger partial charge is 0.252 e. The van der Waals surface area contributed by atoms with Crippen molar-refractivity contribution in [2.75, 3.05) is 26.9 Å². The van der Waals surface area contributed by atoms with Crippen LogP contribution in [0.2, 0.25) is 5.02 Å². The lowest BCUT2D eigenvalue weighted by Crippen LogP contribution is -2.39. The Bertz CT molecular complexity index is 602. The molecule has 118 valence electrons. The Kier molecular flexibility index (Phi) is 5.04. The van der Waals surface area contributed by atoms with Crippen molar-refractivity contribution in [1.29, 1.82) is 0 Å². The maximum absolute atomic E-state index is 5.93. The molecule has 6 nitrogen and oxygen atoms in total. The molecular weight excluding hydrogens is 306 g/mol. The Balaban J connectivity index is 1.73. The molecule has 0 spiro atoms. The molecule has 1 aromatic heterocycles. The SMILES string of the molecule is COCc1nc(C2COCCN2Cc2ccc(Cl)cc2)no1. The summed E-state index contributed by atoms with van der Waals surface area (Å²) in [5.41, 5.74) is 1.19. The third-order valence-electron chi connectivity index (χ3n) is 3.59. The fourth-order valence-corrected chi connectivity index (χ4v) is 2.60. The molecule has 7 heteroatoms. The van der Waals surface area contributed by atoms with Crippen LogP contribution < -0.4 is 0 Å². The zero-order chi connectivity index (χ0) is 15.4. The van der Waals surface area contributed by atoms with Crippen LogP contribution >= 0.6 is 11.6 Å². The fraction of sp³-hybridized carbons (Fsp3) is 0.467. The van der Waals surface area contributed by atoms with E-state index < -0.39 is 0 Å². The first-order chi connectivity index (χ1) is 10.8. The molecule has 1 saturated heterocycles. The first-order valence-corrected chi connectivity index (χ1v) is 7.51. The molecule has 2 aromatic rings. The van der Waals surface area contributed by atoms with E-state index in [1.54, 1.807) is 7.11 Å². The second-order valence-corrected chi connectivity index (χ2v) is 5.60. The van der Waals surface area contributed by atoms with Crippen LogP contribution in [0.15, 0.2) is 28.8 Å². The van der Waals surface area contributed by atoms with Crippen molar-refractivity contribution in [3.63, 3.8) is 0 Å². The molecule has 1 aromatic carbocycles. The normalized spacial score (nSPS) is 19.5. The molecular formula is C15H18ClN3O3. The molecule has 0 N–H and O–H groups in total. The molecule has 2 heterocycles. The van der Waals surface area contributed by atoms with E-state index in [1.165, 1.54) is 5.56 Å². The predicted octanol–water partition coefficient (Wildman–Crippen LogP) is 2.44. The highest BCUT2D eigenvalue weighted by Crippen LogP contribution is 2.24. The molecule has 0 aliphatic carbocycles. The van der Waals surface area contributed by atoms with Gasteiger partial charge >= 0.3 is 0 Å². The van der Waals surface area contributed by atoms with E-state index in [1.807, 2.05) is 24.3 Å². The molecule has 22 heavy (non-hydrogen) atoms. The number of rotatable bonds is 5. The number of methoxy groups -OCH3 is 1. The number of halogens is 1. The van der Waals surface area contributed by atoms with Crippen LogP contribution in [-0.2, 0) is 22.6 Å². The summed E-state index contributed by atoms with van der Waals surface area (Å²) < 4.78 is 15.8. The Labute approximate surface area is 134 Å². The summed E-state index contributed by atoms with van der Waals surface area (Å²) in [7, 11) is 1.60. The fourth-order valence-electron chi connectivity index (χ4n) is 2.47. The minimum atomic E-state index is -0.0150. The minimum absolute atomic E-state index is 0.0150. The average Bonchev–Trinajstić information content (AvgIpc) is 2.99. The Morgan fingerprint density at radius 1 is 1.36 bits per heavy atom. The standard InChI is InChI=1S/C15H18ClN3O3/c1-20-10-14-17-15(18-22-14)13-9-21-7-6-19(13)8-11-2-4-12(16)5-3-11/h2-5,13H,6-10H2,1H3. The summed E-state index contributed by atoms with van der Waals surface area (Å²) >= 11 is 5.93. The topological polar surface area (TPSA) is 60.6 Å². The van der Waals surface area contributed by atoms with Crippen LogP contribution in [0, 0.1) is 0 Å². The number of hydrogen-bond acceptors (Lipinski definition) is 6. The molecule has 1 fully saturated rings. The van der Waals surface area contributed by atoms with Gasteiger partial charge in [0.1, 0.15) is 6.61 Å². The van der Waals surface area contributed by atoms with E-state index in [0.29, 0.717) is 31.5 Å². The molecule has 1 unspecified atom stereocenters. The van der Waals surface area contributed by atoms with Gasteiger partial charge in [-0.15, -0.1) is 0 Å². The molecule has 1 atom stereocenters. The second kappa shape index (κ2) is 7.19. The number of morpholine rings is 1. The van der Waals surface area contributed by atoms with Crippen LogP contribution in [0.25, 0.3) is 0 Å². The van der Waals surface area contributed by atoms with Gasteiger partial charge in [-0.05, 0) is 17.7 Å². The quantitative estimate of drug-likeness (QED) is 0.842. The Morgan fingerprint density at radius 3 is 2.95 bits per heavy atom. The van der Waals surface area contributed by atoms with Crippen LogP contribution in [0.1, 0.15) is 23.3 Å². The zero-order valence-electron chi connectivity index (χ0n) is 12.4. The highest BCUT2D eigenvalue weighted by atomic mass is 35.5. The average molecular weight is 324 g/mol. The van der Waals surface area contributed by atoms with E-state index in [2.05, 4.69) is 15.0 Å². The summed E-state index contributed by atoms with van der Waals surface area (Å²) in [5.74, 6) is 1.12. The van der Waals surface area contributed by atoms with Crippen LogP contribution in [0.4, 0.5) is 0 Å². The maximum Gasteiger partial charge on any atom is 0.252 e. The summed E-state index contributed by atoms with van der Waals surface area (Å²) in [6.45, 7) is 3.19. The van der Waals surface area contributed by atoms with Gasteiger partial charge in [0, 0.05) is 25.2 Å². The Hall–Kier alpha value is -1.47. The van der Waals surface area contributed by atoms with Gasteiger partial charge in [-0.2, -0.15) is 4.98 Å². The van der Waals surface area contributed by atoms with Crippen molar-refractivity contribution in [2.24, 2.45) is 0 Å². The summed E-state index contributed by atoms with van der Waals surface area (Å²) in [6.07, 6.45) is 0. The van der Waals surface area contributed by atoms with E-state index >= 15 is 0 Å². The lowest BCUT2D eigenvalue weighted by molar-refractivity contribution is -0.0166. The molecule has 3 rings (SSSR count). The third-order valence-corrected chi connectivity index (χ3v) is 3.84. The molecule has 1 aliphatic rings. The number of hydrogen-bond donors (Lipinski definition) is 0. The third kappa shape index (κ3) is 3.64. The van der Waals surface area contributed by atoms with Gasteiger partial charge in [-0.1, -0.05) is 28.9 Å². The van der Waals surface area contributed by atoms with E-state index in [4.69, 9.17) is 25.6 Å². The highest BCUT2D eigenvalue weighted by molar-refractivity contribution is 6.30. The van der Waals surface area contributed by atoms with Gasteiger partial charge in [-0.3, -0.25) is 4.90 Å². The van der Waals surface area contributed by atoms with Crippen molar-refractivity contribution in [3.05, 3.63) is 46.6 Å². The highest BCUT2D eigenvalue weighted by Gasteiger charge is 2.28.